The fraction of sp³-hybridized carbons (Fsp3) is 0.600. The van der Waals surface area contributed by atoms with Gasteiger partial charge in [0.1, 0.15) is 5.75 Å². The zero-order chi connectivity index (χ0) is 12.3. The molecular weight excluding hydrogens is 212 g/mol. The van der Waals surface area contributed by atoms with Crippen molar-refractivity contribution in [3.63, 3.8) is 0 Å². The number of hydrogen-bond donors (Lipinski definition) is 1. The highest BCUT2D eigenvalue weighted by Crippen LogP contribution is 2.60. The molecule has 1 heterocycles. The quantitative estimate of drug-likeness (QED) is 0.744. The van der Waals surface area contributed by atoms with E-state index in [1.807, 2.05) is 12.1 Å². The summed E-state index contributed by atoms with van der Waals surface area (Å²) in [6.45, 7) is 6.56. The van der Waals surface area contributed by atoms with Gasteiger partial charge in [-0.25, -0.2) is 0 Å². The van der Waals surface area contributed by atoms with Gasteiger partial charge >= 0.3 is 0 Å². The fourth-order valence-corrected chi connectivity index (χ4v) is 3.64. The minimum Gasteiger partial charge on any atom is -0.464 e. The van der Waals surface area contributed by atoms with Crippen molar-refractivity contribution in [3.8, 4) is 5.75 Å². The smallest absolute Gasteiger partial charge is 0.203 e. The van der Waals surface area contributed by atoms with E-state index in [9.17, 15) is 5.11 Å². The van der Waals surface area contributed by atoms with Crippen molar-refractivity contribution in [2.75, 3.05) is 0 Å². The van der Waals surface area contributed by atoms with Gasteiger partial charge < -0.3 is 9.84 Å². The highest BCUT2D eigenvalue weighted by Gasteiger charge is 2.58. The third-order valence-corrected chi connectivity index (χ3v) is 5.15. The molecule has 1 N–H and O–H groups in total. The monoisotopic (exact) mass is 232 g/mol. The molecule has 1 fully saturated rings. The van der Waals surface area contributed by atoms with Crippen LogP contribution in [0, 0.1) is 12.3 Å². The predicted octanol–water partition coefficient (Wildman–Crippen LogP) is 3.15. The van der Waals surface area contributed by atoms with Gasteiger partial charge in [0.15, 0.2) is 0 Å². The highest BCUT2D eigenvalue weighted by atomic mass is 16.6. The Hall–Kier alpha value is -1.02. The van der Waals surface area contributed by atoms with E-state index < -0.39 is 6.29 Å². The molecule has 3 atom stereocenters. The van der Waals surface area contributed by atoms with Crippen molar-refractivity contribution in [2.45, 2.75) is 51.7 Å². The van der Waals surface area contributed by atoms with Crippen molar-refractivity contribution in [1.29, 1.82) is 0 Å². The second-order valence-electron chi connectivity index (χ2n) is 6.07. The van der Waals surface area contributed by atoms with Crippen LogP contribution in [-0.4, -0.2) is 11.4 Å². The number of benzene rings is 1. The maximum atomic E-state index is 10.3. The topological polar surface area (TPSA) is 29.5 Å². The summed E-state index contributed by atoms with van der Waals surface area (Å²) in [6.07, 6.45) is 2.67. The van der Waals surface area contributed by atoms with Gasteiger partial charge in [-0.05, 0) is 25.8 Å². The van der Waals surface area contributed by atoms with Crippen LogP contribution in [0.25, 0.3) is 0 Å². The Morgan fingerprint density at radius 2 is 2.06 bits per heavy atom. The van der Waals surface area contributed by atoms with Crippen LogP contribution >= 0.6 is 0 Å². The second kappa shape index (κ2) is 3.26. The molecule has 1 aromatic carbocycles. The van der Waals surface area contributed by atoms with Gasteiger partial charge in [0.2, 0.25) is 6.29 Å². The summed E-state index contributed by atoms with van der Waals surface area (Å²) < 4.78 is 5.72. The zero-order valence-electron chi connectivity index (χ0n) is 10.8. The van der Waals surface area contributed by atoms with Gasteiger partial charge in [0, 0.05) is 16.4 Å². The minimum atomic E-state index is -0.676. The van der Waals surface area contributed by atoms with Crippen molar-refractivity contribution in [3.05, 3.63) is 29.3 Å². The molecule has 1 aromatic rings. The molecule has 0 radical (unpaired) electrons. The van der Waals surface area contributed by atoms with Gasteiger partial charge in [0.05, 0.1) is 0 Å². The van der Waals surface area contributed by atoms with Gasteiger partial charge in [0.25, 0.3) is 0 Å². The van der Waals surface area contributed by atoms with E-state index in [1.54, 1.807) is 0 Å². The lowest BCUT2D eigenvalue weighted by atomic mass is 9.62. The van der Waals surface area contributed by atoms with Gasteiger partial charge in [-0.15, -0.1) is 0 Å². The standard InChI is InChI=1S/C15H20O2/c1-10-5-6-12-11(9-10)14(2)7-4-8-15(14,3)13(16)17-12/h5-6,9,13,16H,4,7-8H2,1-3H3/t13-,14+,15+/m0/s1. The molecule has 3 rings (SSSR count). The SMILES string of the molecule is Cc1ccc2c(c1)[C@@]1(C)CCC[C@]1(C)[C@@H](O)O2. The Morgan fingerprint density at radius 3 is 2.82 bits per heavy atom. The summed E-state index contributed by atoms with van der Waals surface area (Å²) in [5.41, 5.74) is 2.45. The molecule has 92 valence electrons. The first-order valence-electron chi connectivity index (χ1n) is 6.43. The first-order chi connectivity index (χ1) is 7.97. The number of fused-ring (bicyclic) bond motifs is 3. The molecule has 17 heavy (non-hydrogen) atoms. The van der Waals surface area contributed by atoms with Crippen LogP contribution < -0.4 is 4.74 Å². The van der Waals surface area contributed by atoms with E-state index >= 15 is 0 Å². The molecule has 0 spiro atoms. The molecule has 2 heteroatoms. The third kappa shape index (κ3) is 1.25. The number of aryl methyl sites for hydroxylation is 1. The molecule has 1 aliphatic carbocycles. The third-order valence-electron chi connectivity index (χ3n) is 5.15. The van der Waals surface area contributed by atoms with E-state index in [0.717, 1.165) is 18.6 Å². The van der Waals surface area contributed by atoms with Crippen LogP contribution in [0.1, 0.15) is 44.2 Å². The molecule has 0 saturated heterocycles. The average Bonchev–Trinajstić information content (AvgIpc) is 2.60. The van der Waals surface area contributed by atoms with Crippen molar-refractivity contribution in [2.24, 2.45) is 5.41 Å². The number of hydrogen-bond acceptors (Lipinski definition) is 2. The van der Waals surface area contributed by atoms with Crippen LogP contribution in [-0.2, 0) is 5.41 Å². The van der Waals surface area contributed by atoms with E-state index in [2.05, 4.69) is 26.8 Å². The molecule has 1 aliphatic heterocycles. The van der Waals surface area contributed by atoms with E-state index in [4.69, 9.17) is 4.74 Å². The fourth-order valence-electron chi connectivity index (χ4n) is 3.64. The number of aliphatic hydroxyl groups is 1. The molecule has 0 unspecified atom stereocenters. The van der Waals surface area contributed by atoms with Gasteiger partial charge in [-0.3, -0.25) is 0 Å². The molecule has 0 aromatic heterocycles. The molecule has 0 amide bonds. The lowest BCUT2D eigenvalue weighted by Gasteiger charge is -2.49. The molecule has 0 bridgehead atoms. The van der Waals surface area contributed by atoms with E-state index in [0.29, 0.717) is 0 Å². The summed E-state index contributed by atoms with van der Waals surface area (Å²) >= 11 is 0. The normalized spacial score (nSPS) is 39.4. The average molecular weight is 232 g/mol. The van der Waals surface area contributed by atoms with Crippen molar-refractivity contribution < 1.29 is 9.84 Å². The zero-order valence-corrected chi connectivity index (χ0v) is 10.8. The lowest BCUT2D eigenvalue weighted by molar-refractivity contribution is -0.144. The summed E-state index contributed by atoms with van der Waals surface area (Å²) in [7, 11) is 0. The highest BCUT2D eigenvalue weighted by molar-refractivity contribution is 5.46. The molecule has 2 aliphatic rings. The number of rotatable bonds is 0. The molecular formula is C15H20O2. The number of aliphatic hydroxyl groups excluding tert-OH is 1. The summed E-state index contributed by atoms with van der Waals surface area (Å²) in [5.74, 6) is 0.866. The minimum absolute atomic E-state index is 0.0476. The van der Waals surface area contributed by atoms with E-state index in [-0.39, 0.29) is 10.8 Å². The largest absolute Gasteiger partial charge is 0.464 e. The number of ether oxygens (including phenoxy) is 1. The first-order valence-corrected chi connectivity index (χ1v) is 6.43. The van der Waals surface area contributed by atoms with Crippen LogP contribution in [0.2, 0.25) is 0 Å². The predicted molar refractivity (Wildman–Crippen MR) is 67.1 cm³/mol. The summed E-state index contributed by atoms with van der Waals surface area (Å²) in [5, 5.41) is 10.3. The second-order valence-corrected chi connectivity index (χ2v) is 6.07. The Labute approximate surface area is 103 Å². The van der Waals surface area contributed by atoms with Crippen molar-refractivity contribution in [1.82, 2.24) is 0 Å². The van der Waals surface area contributed by atoms with Gasteiger partial charge in [-0.1, -0.05) is 38.0 Å². The Kier molecular flexibility index (Phi) is 2.13. The van der Waals surface area contributed by atoms with Crippen LogP contribution in [0.3, 0.4) is 0 Å². The first kappa shape index (κ1) is 11.1. The van der Waals surface area contributed by atoms with Crippen LogP contribution in [0.5, 0.6) is 5.75 Å². The summed E-state index contributed by atoms with van der Waals surface area (Å²) in [6, 6.07) is 6.27. The van der Waals surface area contributed by atoms with Crippen LogP contribution in [0.4, 0.5) is 0 Å². The van der Waals surface area contributed by atoms with Crippen molar-refractivity contribution >= 4 is 0 Å². The Morgan fingerprint density at radius 1 is 1.29 bits per heavy atom. The molecule has 1 saturated carbocycles. The Balaban J connectivity index is 2.23. The summed E-state index contributed by atoms with van der Waals surface area (Å²) in [4.78, 5) is 0. The van der Waals surface area contributed by atoms with E-state index in [1.165, 1.54) is 17.5 Å². The maximum absolute atomic E-state index is 10.3. The van der Waals surface area contributed by atoms with Gasteiger partial charge in [-0.2, -0.15) is 0 Å². The van der Waals surface area contributed by atoms with Crippen LogP contribution in [0.15, 0.2) is 18.2 Å². The molecule has 2 nitrogen and oxygen atoms in total. The lowest BCUT2D eigenvalue weighted by Crippen LogP contribution is -2.51. The Bertz CT molecular complexity index is 468. The maximum Gasteiger partial charge on any atom is 0.203 e.